The van der Waals surface area contributed by atoms with E-state index in [0.29, 0.717) is 6.42 Å². The average molecular weight is 332 g/mol. The number of nitrogens with zero attached hydrogens (tertiary/aromatic N) is 2. The molecule has 0 aliphatic carbocycles. The average Bonchev–Trinajstić information content (AvgIpc) is 2.57. The first-order chi connectivity index (χ1) is 11.5. The first-order valence-electron chi connectivity index (χ1n) is 8.63. The number of hydrogen-bond acceptors (Lipinski definition) is 4. The van der Waals surface area contributed by atoms with E-state index in [1.807, 2.05) is 36.1 Å². The second-order valence-electron chi connectivity index (χ2n) is 6.36. The van der Waals surface area contributed by atoms with Crippen molar-refractivity contribution in [2.75, 3.05) is 31.5 Å². The Morgan fingerprint density at radius 1 is 1.17 bits per heavy atom. The van der Waals surface area contributed by atoms with Crippen molar-refractivity contribution in [1.82, 2.24) is 9.80 Å². The number of piperazine rings is 1. The van der Waals surface area contributed by atoms with Gasteiger partial charge in [0.25, 0.3) is 0 Å². The molecular weight excluding hydrogens is 304 g/mol. The van der Waals surface area contributed by atoms with Gasteiger partial charge >= 0.3 is 0 Å². The van der Waals surface area contributed by atoms with Crippen molar-refractivity contribution in [2.45, 2.75) is 39.3 Å². The highest BCUT2D eigenvalue weighted by molar-refractivity contribution is 5.94. The van der Waals surface area contributed by atoms with E-state index in [2.05, 4.69) is 10.2 Å². The molecule has 1 aromatic carbocycles. The van der Waals surface area contributed by atoms with Crippen molar-refractivity contribution in [3.63, 3.8) is 0 Å². The standard InChI is InChI=1S/C18H28N4O2/c1-3-4-17(19)18(24)20-16-7-5-15(6-8-16)13-21-9-11-22(12-10-21)14(2)23/h5-8,17H,3-4,9-13,19H2,1-2H3,(H,20,24). The second-order valence-corrected chi connectivity index (χ2v) is 6.36. The lowest BCUT2D eigenvalue weighted by Crippen LogP contribution is -2.47. The van der Waals surface area contributed by atoms with E-state index < -0.39 is 6.04 Å². The van der Waals surface area contributed by atoms with Crippen molar-refractivity contribution in [3.05, 3.63) is 29.8 Å². The molecule has 0 bridgehead atoms. The molecule has 1 heterocycles. The summed E-state index contributed by atoms with van der Waals surface area (Å²) in [6, 6.07) is 7.43. The van der Waals surface area contributed by atoms with Crippen LogP contribution >= 0.6 is 0 Å². The SMILES string of the molecule is CCCC(N)C(=O)Nc1ccc(CN2CCN(C(C)=O)CC2)cc1. The van der Waals surface area contributed by atoms with Crippen LogP contribution in [0, 0.1) is 0 Å². The third-order valence-corrected chi connectivity index (χ3v) is 4.38. The molecule has 0 radical (unpaired) electrons. The molecule has 1 unspecified atom stereocenters. The Kier molecular flexibility index (Phi) is 6.75. The van der Waals surface area contributed by atoms with E-state index in [4.69, 9.17) is 5.73 Å². The van der Waals surface area contributed by atoms with Crippen molar-refractivity contribution in [1.29, 1.82) is 0 Å². The number of benzene rings is 1. The number of nitrogens with two attached hydrogens (primary N) is 1. The van der Waals surface area contributed by atoms with E-state index in [9.17, 15) is 9.59 Å². The molecule has 6 nitrogen and oxygen atoms in total. The van der Waals surface area contributed by atoms with Gasteiger partial charge in [-0.05, 0) is 24.1 Å². The predicted octanol–water partition coefficient (Wildman–Crippen LogP) is 1.42. The van der Waals surface area contributed by atoms with Crippen LogP contribution in [0.4, 0.5) is 5.69 Å². The van der Waals surface area contributed by atoms with Crippen LogP contribution in [-0.4, -0.2) is 53.8 Å². The van der Waals surface area contributed by atoms with Gasteiger partial charge in [0, 0.05) is 45.3 Å². The zero-order chi connectivity index (χ0) is 17.5. The van der Waals surface area contributed by atoms with Crippen LogP contribution in [0.25, 0.3) is 0 Å². The molecule has 1 saturated heterocycles. The minimum Gasteiger partial charge on any atom is -0.340 e. The third kappa shape index (κ3) is 5.32. The maximum absolute atomic E-state index is 11.9. The number of amides is 2. The summed E-state index contributed by atoms with van der Waals surface area (Å²) in [4.78, 5) is 27.5. The molecule has 1 aromatic rings. The van der Waals surface area contributed by atoms with Crippen molar-refractivity contribution < 1.29 is 9.59 Å². The second kappa shape index (κ2) is 8.80. The fourth-order valence-corrected chi connectivity index (χ4v) is 2.85. The zero-order valence-corrected chi connectivity index (χ0v) is 14.6. The number of rotatable bonds is 6. The van der Waals surface area contributed by atoms with Gasteiger partial charge in [-0.15, -0.1) is 0 Å². The molecule has 1 fully saturated rings. The minimum absolute atomic E-state index is 0.134. The summed E-state index contributed by atoms with van der Waals surface area (Å²) in [5.74, 6) is 0.0148. The van der Waals surface area contributed by atoms with Crippen LogP contribution in [0.5, 0.6) is 0 Å². The van der Waals surface area contributed by atoms with Gasteiger partial charge in [0.1, 0.15) is 0 Å². The molecule has 132 valence electrons. The lowest BCUT2D eigenvalue weighted by atomic mass is 10.1. The van der Waals surface area contributed by atoms with Crippen LogP contribution in [0.2, 0.25) is 0 Å². The highest BCUT2D eigenvalue weighted by Crippen LogP contribution is 2.13. The van der Waals surface area contributed by atoms with Crippen molar-refractivity contribution in [3.8, 4) is 0 Å². The van der Waals surface area contributed by atoms with Gasteiger partial charge in [-0.25, -0.2) is 0 Å². The molecule has 24 heavy (non-hydrogen) atoms. The fourth-order valence-electron chi connectivity index (χ4n) is 2.85. The molecule has 0 saturated carbocycles. The molecule has 1 atom stereocenters. The topological polar surface area (TPSA) is 78.7 Å². The molecule has 0 aromatic heterocycles. The summed E-state index contributed by atoms with van der Waals surface area (Å²) in [6.45, 7) is 7.86. The number of carbonyl (C=O) groups is 2. The summed E-state index contributed by atoms with van der Waals surface area (Å²) in [7, 11) is 0. The summed E-state index contributed by atoms with van der Waals surface area (Å²) in [5, 5.41) is 2.85. The van der Waals surface area contributed by atoms with Gasteiger partial charge in [0.15, 0.2) is 0 Å². The van der Waals surface area contributed by atoms with Crippen LogP contribution in [-0.2, 0) is 16.1 Å². The van der Waals surface area contributed by atoms with Gasteiger partial charge < -0.3 is 16.0 Å². The minimum atomic E-state index is -0.452. The molecule has 2 rings (SSSR count). The Morgan fingerprint density at radius 2 is 1.79 bits per heavy atom. The first-order valence-corrected chi connectivity index (χ1v) is 8.63. The smallest absolute Gasteiger partial charge is 0.241 e. The summed E-state index contributed by atoms with van der Waals surface area (Å²) in [5.41, 5.74) is 7.79. The number of hydrogen-bond donors (Lipinski definition) is 2. The van der Waals surface area contributed by atoms with Crippen LogP contribution in [0.3, 0.4) is 0 Å². The summed E-state index contributed by atoms with van der Waals surface area (Å²) in [6.07, 6.45) is 1.58. The molecule has 1 aliphatic heterocycles. The van der Waals surface area contributed by atoms with E-state index in [1.165, 1.54) is 5.56 Å². The largest absolute Gasteiger partial charge is 0.340 e. The van der Waals surface area contributed by atoms with Gasteiger partial charge in [-0.2, -0.15) is 0 Å². The quantitative estimate of drug-likeness (QED) is 0.826. The lowest BCUT2D eigenvalue weighted by Gasteiger charge is -2.34. The molecule has 2 amide bonds. The van der Waals surface area contributed by atoms with Gasteiger partial charge in [-0.1, -0.05) is 25.5 Å². The Labute approximate surface area is 144 Å². The Bertz CT molecular complexity index is 551. The monoisotopic (exact) mass is 332 g/mol. The summed E-state index contributed by atoms with van der Waals surface area (Å²) < 4.78 is 0. The van der Waals surface area contributed by atoms with Crippen molar-refractivity contribution in [2.24, 2.45) is 5.73 Å². The number of nitrogens with one attached hydrogen (secondary N) is 1. The van der Waals surface area contributed by atoms with Gasteiger partial charge in [-0.3, -0.25) is 14.5 Å². The molecular formula is C18H28N4O2. The predicted molar refractivity (Wildman–Crippen MR) is 95.5 cm³/mol. The normalized spacial score (nSPS) is 16.7. The Balaban J connectivity index is 1.82. The fraction of sp³-hybridized carbons (Fsp3) is 0.556. The van der Waals surface area contributed by atoms with Crippen LogP contribution < -0.4 is 11.1 Å². The highest BCUT2D eigenvalue weighted by Gasteiger charge is 2.18. The molecule has 3 N–H and O–H groups in total. The first kappa shape index (κ1) is 18.4. The van der Waals surface area contributed by atoms with Crippen LogP contribution in [0.15, 0.2) is 24.3 Å². The lowest BCUT2D eigenvalue weighted by molar-refractivity contribution is -0.130. The van der Waals surface area contributed by atoms with Crippen LogP contribution in [0.1, 0.15) is 32.3 Å². The maximum Gasteiger partial charge on any atom is 0.241 e. The Morgan fingerprint density at radius 3 is 2.33 bits per heavy atom. The molecule has 0 spiro atoms. The maximum atomic E-state index is 11.9. The van der Waals surface area contributed by atoms with E-state index in [1.54, 1.807) is 6.92 Å². The Hall–Kier alpha value is -1.92. The van der Waals surface area contributed by atoms with Crippen molar-refractivity contribution >= 4 is 17.5 Å². The van der Waals surface area contributed by atoms with E-state index in [0.717, 1.165) is 44.8 Å². The van der Waals surface area contributed by atoms with Gasteiger partial charge in [0.05, 0.1) is 6.04 Å². The number of anilines is 1. The highest BCUT2D eigenvalue weighted by atomic mass is 16.2. The van der Waals surface area contributed by atoms with E-state index >= 15 is 0 Å². The van der Waals surface area contributed by atoms with Gasteiger partial charge in [0.2, 0.25) is 11.8 Å². The summed E-state index contributed by atoms with van der Waals surface area (Å²) >= 11 is 0. The number of carbonyl (C=O) groups excluding carboxylic acids is 2. The van der Waals surface area contributed by atoms with E-state index in [-0.39, 0.29) is 11.8 Å². The molecule has 1 aliphatic rings. The molecule has 6 heteroatoms. The zero-order valence-electron chi connectivity index (χ0n) is 14.6. The third-order valence-electron chi connectivity index (χ3n) is 4.38.